The van der Waals surface area contributed by atoms with Crippen molar-refractivity contribution >= 4 is 44.6 Å². The zero-order valence-electron chi connectivity index (χ0n) is 19.4. The number of aryl methyl sites for hydroxylation is 1. The topological polar surface area (TPSA) is 65.5 Å². The molecule has 2 aromatic heterocycles. The van der Waals surface area contributed by atoms with Crippen molar-refractivity contribution in [3.05, 3.63) is 75.6 Å². The third-order valence-electron chi connectivity index (χ3n) is 6.97. The first-order chi connectivity index (χ1) is 17.1. The summed E-state index contributed by atoms with van der Waals surface area (Å²) in [5.41, 5.74) is 3.42. The molecule has 2 aliphatic heterocycles. The molecule has 2 fully saturated rings. The fraction of sp³-hybridized carbons (Fsp3) is 0.296. The van der Waals surface area contributed by atoms with Crippen LogP contribution in [0.5, 0.6) is 0 Å². The van der Waals surface area contributed by atoms with E-state index in [0.717, 1.165) is 33.5 Å². The zero-order valence-corrected chi connectivity index (χ0v) is 21.1. The van der Waals surface area contributed by atoms with Crippen molar-refractivity contribution in [3.8, 4) is 11.1 Å². The highest BCUT2D eigenvalue weighted by molar-refractivity contribution is 7.21. The van der Waals surface area contributed by atoms with Crippen LogP contribution in [0.15, 0.2) is 60.1 Å². The van der Waals surface area contributed by atoms with Crippen LogP contribution in [0.1, 0.15) is 31.5 Å². The number of carbonyl (C=O) groups is 2. The summed E-state index contributed by atoms with van der Waals surface area (Å²) < 4.78 is 1.15. The number of aromatic nitrogens is 1. The van der Waals surface area contributed by atoms with Crippen LogP contribution in [-0.2, 0) is 0 Å². The highest BCUT2D eigenvalue weighted by Gasteiger charge is 2.36. The standard InChI is InChI=1S/C27H26N4O2S2/c1-17-22-13-19(18-5-3-2-4-6-18)7-8-23(22)35-24(17)26(32)31-15-21(16-31)29-20-9-11-30(14-20)27(33)25-28-10-12-34-25/h2-8,10,12-13,20-21,29H,9,11,14-16H2,1H3/t20-/m0/s1. The first kappa shape index (κ1) is 22.4. The zero-order chi connectivity index (χ0) is 23.9. The first-order valence-corrected chi connectivity index (χ1v) is 13.6. The fourth-order valence-electron chi connectivity index (χ4n) is 5.01. The molecule has 0 radical (unpaired) electrons. The van der Waals surface area contributed by atoms with Crippen LogP contribution in [0.4, 0.5) is 0 Å². The molecular weight excluding hydrogens is 476 g/mol. The van der Waals surface area contributed by atoms with Gasteiger partial charge in [-0.2, -0.15) is 0 Å². The van der Waals surface area contributed by atoms with E-state index in [4.69, 9.17) is 0 Å². The molecule has 35 heavy (non-hydrogen) atoms. The van der Waals surface area contributed by atoms with E-state index in [1.54, 1.807) is 17.5 Å². The Bertz CT molecular complexity index is 1380. The summed E-state index contributed by atoms with van der Waals surface area (Å²) in [6, 6.07) is 17.3. The molecule has 0 spiro atoms. The van der Waals surface area contributed by atoms with Crippen molar-refractivity contribution in [1.82, 2.24) is 20.1 Å². The summed E-state index contributed by atoms with van der Waals surface area (Å²) in [6.45, 7) is 4.92. The molecule has 6 rings (SSSR count). The second-order valence-electron chi connectivity index (χ2n) is 9.28. The number of nitrogens with zero attached hydrogens (tertiary/aromatic N) is 3. The molecule has 2 amide bonds. The Hall–Kier alpha value is -3.07. The van der Waals surface area contributed by atoms with E-state index < -0.39 is 0 Å². The molecule has 0 bridgehead atoms. The maximum absolute atomic E-state index is 13.3. The van der Waals surface area contributed by atoms with Crippen LogP contribution in [0, 0.1) is 6.92 Å². The van der Waals surface area contributed by atoms with Gasteiger partial charge in [0.2, 0.25) is 0 Å². The molecule has 6 nitrogen and oxygen atoms in total. The number of thiophene rings is 1. The SMILES string of the molecule is Cc1c(C(=O)N2CC(N[C@H]3CCN(C(=O)c4nccs4)C3)C2)sc2ccc(-c3ccccc3)cc12. The number of benzene rings is 2. The quantitative estimate of drug-likeness (QED) is 0.431. The average molecular weight is 503 g/mol. The highest BCUT2D eigenvalue weighted by Crippen LogP contribution is 2.35. The number of fused-ring (bicyclic) bond motifs is 1. The van der Waals surface area contributed by atoms with Gasteiger partial charge < -0.3 is 15.1 Å². The summed E-state index contributed by atoms with van der Waals surface area (Å²) >= 11 is 2.98. The second kappa shape index (κ2) is 9.18. The first-order valence-electron chi connectivity index (χ1n) is 11.9. The average Bonchev–Trinajstić information content (AvgIpc) is 3.62. The number of rotatable bonds is 5. The number of carbonyl (C=O) groups excluding carboxylic acids is 2. The molecule has 178 valence electrons. The molecule has 2 saturated heterocycles. The number of thiazole rings is 1. The lowest BCUT2D eigenvalue weighted by atomic mass is 10.0. The predicted octanol–water partition coefficient (Wildman–Crippen LogP) is 4.66. The van der Waals surface area contributed by atoms with Crippen LogP contribution in [0.25, 0.3) is 21.2 Å². The Kier molecular flexibility index (Phi) is 5.88. The van der Waals surface area contributed by atoms with Crippen molar-refractivity contribution < 1.29 is 9.59 Å². The molecular formula is C27H26N4O2S2. The maximum Gasteiger partial charge on any atom is 0.282 e. The van der Waals surface area contributed by atoms with E-state index in [0.29, 0.717) is 24.6 Å². The molecule has 4 aromatic rings. The lowest BCUT2D eigenvalue weighted by Crippen LogP contribution is -2.62. The van der Waals surface area contributed by atoms with Gasteiger partial charge in [0, 0.05) is 54.5 Å². The van der Waals surface area contributed by atoms with Crippen molar-refractivity contribution in [2.24, 2.45) is 0 Å². The van der Waals surface area contributed by atoms with E-state index in [1.807, 2.05) is 33.4 Å². The Morgan fingerprint density at radius 2 is 1.77 bits per heavy atom. The van der Waals surface area contributed by atoms with Crippen LogP contribution in [-0.4, -0.2) is 64.9 Å². The number of amides is 2. The Morgan fingerprint density at radius 1 is 0.971 bits per heavy atom. The summed E-state index contributed by atoms with van der Waals surface area (Å²) in [7, 11) is 0. The Labute approximate surface area is 212 Å². The number of nitrogens with one attached hydrogen (secondary N) is 1. The van der Waals surface area contributed by atoms with Crippen LogP contribution >= 0.6 is 22.7 Å². The molecule has 2 aliphatic rings. The highest BCUT2D eigenvalue weighted by atomic mass is 32.1. The predicted molar refractivity (Wildman–Crippen MR) is 141 cm³/mol. The van der Waals surface area contributed by atoms with Crippen LogP contribution in [0.3, 0.4) is 0 Å². The normalized spacial score (nSPS) is 18.3. The summed E-state index contributed by atoms with van der Waals surface area (Å²) in [5, 5.41) is 7.19. The van der Waals surface area contributed by atoms with Crippen LogP contribution < -0.4 is 5.32 Å². The summed E-state index contributed by atoms with van der Waals surface area (Å²) in [4.78, 5) is 34.6. The van der Waals surface area contributed by atoms with Gasteiger partial charge in [0.1, 0.15) is 0 Å². The van der Waals surface area contributed by atoms with E-state index in [1.165, 1.54) is 22.5 Å². The smallest absolute Gasteiger partial charge is 0.282 e. The summed E-state index contributed by atoms with van der Waals surface area (Å²) in [5.74, 6) is 0.139. The molecule has 1 atom stereocenters. The molecule has 1 N–H and O–H groups in total. The second-order valence-corrected chi connectivity index (χ2v) is 11.2. The van der Waals surface area contributed by atoms with Gasteiger partial charge in [0.25, 0.3) is 11.8 Å². The van der Waals surface area contributed by atoms with Gasteiger partial charge in [-0.3, -0.25) is 9.59 Å². The van der Waals surface area contributed by atoms with Crippen molar-refractivity contribution in [2.75, 3.05) is 26.2 Å². The lowest BCUT2D eigenvalue weighted by Gasteiger charge is -2.41. The lowest BCUT2D eigenvalue weighted by molar-refractivity contribution is 0.0557. The third kappa shape index (κ3) is 4.26. The minimum atomic E-state index is 0.0189. The fourth-order valence-corrected chi connectivity index (χ4v) is 6.77. The van der Waals surface area contributed by atoms with Crippen molar-refractivity contribution in [2.45, 2.75) is 25.4 Å². The monoisotopic (exact) mass is 502 g/mol. The van der Waals surface area contributed by atoms with Crippen molar-refractivity contribution in [1.29, 1.82) is 0 Å². The van der Waals surface area contributed by atoms with Gasteiger partial charge in [-0.05, 0) is 47.6 Å². The van der Waals surface area contributed by atoms with E-state index in [-0.39, 0.29) is 23.9 Å². The molecule has 0 aliphatic carbocycles. The van der Waals surface area contributed by atoms with Crippen LogP contribution in [0.2, 0.25) is 0 Å². The van der Waals surface area contributed by atoms with Crippen molar-refractivity contribution in [3.63, 3.8) is 0 Å². The Morgan fingerprint density at radius 3 is 2.54 bits per heavy atom. The number of likely N-dealkylation sites (tertiary alicyclic amines) is 2. The van der Waals surface area contributed by atoms with Gasteiger partial charge in [-0.15, -0.1) is 22.7 Å². The van der Waals surface area contributed by atoms with Gasteiger partial charge in [-0.1, -0.05) is 36.4 Å². The minimum absolute atomic E-state index is 0.0189. The number of hydrogen-bond donors (Lipinski definition) is 1. The van der Waals surface area contributed by atoms with Gasteiger partial charge in [-0.25, -0.2) is 4.98 Å². The number of hydrogen-bond acceptors (Lipinski definition) is 6. The van der Waals surface area contributed by atoms with Gasteiger partial charge in [0.15, 0.2) is 5.01 Å². The van der Waals surface area contributed by atoms with Gasteiger partial charge in [0.05, 0.1) is 4.88 Å². The molecule has 4 heterocycles. The molecule has 0 saturated carbocycles. The molecule has 0 unspecified atom stereocenters. The van der Waals surface area contributed by atoms with E-state index in [2.05, 4.69) is 47.6 Å². The van der Waals surface area contributed by atoms with E-state index >= 15 is 0 Å². The maximum atomic E-state index is 13.3. The van der Waals surface area contributed by atoms with Gasteiger partial charge >= 0.3 is 0 Å². The minimum Gasteiger partial charge on any atom is -0.335 e. The van der Waals surface area contributed by atoms with E-state index in [9.17, 15) is 9.59 Å². The molecule has 2 aromatic carbocycles. The Balaban J connectivity index is 1.07. The largest absolute Gasteiger partial charge is 0.335 e. The molecule has 8 heteroatoms. The third-order valence-corrected chi connectivity index (χ3v) is 8.99. The summed E-state index contributed by atoms with van der Waals surface area (Å²) in [6.07, 6.45) is 2.60.